The van der Waals surface area contributed by atoms with Crippen LogP contribution in [0.3, 0.4) is 0 Å². The fourth-order valence-corrected chi connectivity index (χ4v) is 5.54. The van der Waals surface area contributed by atoms with Gasteiger partial charge in [-0.3, -0.25) is 9.59 Å². The van der Waals surface area contributed by atoms with Gasteiger partial charge in [0.2, 0.25) is 5.91 Å². The van der Waals surface area contributed by atoms with Gasteiger partial charge in [0.05, 0.1) is 6.42 Å². The highest BCUT2D eigenvalue weighted by atomic mass is 16.5. The number of nitrogens with zero attached hydrogens (tertiary/aromatic N) is 1. The first-order valence-electron chi connectivity index (χ1n) is 11.6. The number of likely N-dealkylation sites (tertiary alicyclic amines) is 1. The van der Waals surface area contributed by atoms with Gasteiger partial charge in [-0.25, -0.2) is 4.79 Å². The highest BCUT2D eigenvalue weighted by Crippen LogP contribution is 2.44. The standard InChI is InChI=1S/C26H28N2O5/c29-23(30)15-17-7-5-14-28(17)24(31)26(12-6-13-26)27-25(32)33-16-22-20-10-3-1-8-18(20)19-9-2-4-11-21(19)22/h1-4,8-11,17,22H,5-7,12-16H2,(H,27,32)(H,29,30)/t17-/m0/s1. The average Bonchev–Trinajstić information content (AvgIpc) is 3.36. The van der Waals surface area contributed by atoms with Gasteiger partial charge >= 0.3 is 12.1 Å². The summed E-state index contributed by atoms with van der Waals surface area (Å²) < 4.78 is 5.66. The number of nitrogens with one attached hydrogen (secondary N) is 1. The number of carboxylic acid groups (broad SMARTS) is 1. The molecule has 2 N–H and O–H groups in total. The third kappa shape index (κ3) is 3.86. The molecule has 2 aromatic carbocycles. The molecule has 172 valence electrons. The summed E-state index contributed by atoms with van der Waals surface area (Å²) >= 11 is 0. The Labute approximate surface area is 192 Å². The first-order valence-corrected chi connectivity index (χ1v) is 11.6. The van der Waals surface area contributed by atoms with Crippen LogP contribution in [0.4, 0.5) is 4.79 Å². The van der Waals surface area contributed by atoms with E-state index in [4.69, 9.17) is 4.74 Å². The Kier molecular flexibility index (Phi) is 5.56. The Morgan fingerprint density at radius 3 is 2.21 bits per heavy atom. The van der Waals surface area contributed by atoms with E-state index in [2.05, 4.69) is 29.6 Å². The summed E-state index contributed by atoms with van der Waals surface area (Å²) in [4.78, 5) is 39.0. The molecule has 1 saturated heterocycles. The highest BCUT2D eigenvalue weighted by molar-refractivity contribution is 5.91. The number of amides is 2. The number of alkyl carbamates (subject to hydrolysis) is 1. The van der Waals surface area contributed by atoms with Crippen molar-refractivity contribution in [3.63, 3.8) is 0 Å². The van der Waals surface area contributed by atoms with E-state index in [1.165, 1.54) is 0 Å². The lowest BCUT2D eigenvalue weighted by atomic mass is 9.75. The number of aliphatic carboxylic acids is 1. The van der Waals surface area contributed by atoms with Gasteiger partial charge in [0, 0.05) is 18.5 Å². The van der Waals surface area contributed by atoms with E-state index in [0.717, 1.165) is 35.1 Å². The zero-order valence-corrected chi connectivity index (χ0v) is 18.5. The lowest BCUT2D eigenvalue weighted by Crippen LogP contribution is -2.64. The molecule has 5 rings (SSSR count). The number of benzene rings is 2. The number of rotatable bonds is 6. The molecule has 0 spiro atoms. The van der Waals surface area contributed by atoms with Crippen molar-refractivity contribution in [3.05, 3.63) is 59.7 Å². The summed E-state index contributed by atoms with van der Waals surface area (Å²) in [6.45, 7) is 0.723. The van der Waals surface area contributed by atoms with Crippen molar-refractivity contribution in [1.29, 1.82) is 0 Å². The van der Waals surface area contributed by atoms with E-state index < -0.39 is 17.6 Å². The number of carbonyl (C=O) groups excluding carboxylic acids is 2. The van der Waals surface area contributed by atoms with E-state index in [1.807, 2.05) is 24.3 Å². The minimum Gasteiger partial charge on any atom is -0.481 e. The molecule has 2 aliphatic carbocycles. The van der Waals surface area contributed by atoms with Crippen LogP contribution in [-0.2, 0) is 14.3 Å². The Balaban J connectivity index is 1.26. The molecule has 1 atom stereocenters. The monoisotopic (exact) mass is 448 g/mol. The normalized spacial score (nSPS) is 20.5. The van der Waals surface area contributed by atoms with Crippen molar-refractivity contribution >= 4 is 18.0 Å². The van der Waals surface area contributed by atoms with E-state index in [-0.39, 0.29) is 30.9 Å². The summed E-state index contributed by atoms with van der Waals surface area (Å²) in [6.07, 6.45) is 2.74. The van der Waals surface area contributed by atoms with Gasteiger partial charge in [-0.05, 0) is 54.4 Å². The van der Waals surface area contributed by atoms with Crippen molar-refractivity contribution in [2.24, 2.45) is 0 Å². The zero-order valence-electron chi connectivity index (χ0n) is 18.5. The molecule has 2 amide bonds. The van der Waals surface area contributed by atoms with Crippen molar-refractivity contribution in [2.45, 2.75) is 56.0 Å². The molecule has 1 saturated carbocycles. The third-order valence-corrected chi connectivity index (χ3v) is 7.35. The molecule has 2 aromatic rings. The Morgan fingerprint density at radius 1 is 1.00 bits per heavy atom. The van der Waals surface area contributed by atoms with Crippen LogP contribution >= 0.6 is 0 Å². The number of carbonyl (C=O) groups is 3. The Bertz CT molecular complexity index is 1050. The second kappa shape index (κ2) is 8.54. The van der Waals surface area contributed by atoms with Gasteiger partial charge in [0.15, 0.2) is 0 Å². The van der Waals surface area contributed by atoms with Crippen molar-refractivity contribution in [3.8, 4) is 11.1 Å². The molecule has 7 heteroatoms. The van der Waals surface area contributed by atoms with E-state index in [9.17, 15) is 19.5 Å². The lowest BCUT2D eigenvalue weighted by Gasteiger charge is -2.43. The maximum atomic E-state index is 13.3. The second-order valence-corrected chi connectivity index (χ2v) is 9.28. The predicted octanol–water partition coefficient (Wildman–Crippen LogP) is 3.91. The maximum Gasteiger partial charge on any atom is 0.408 e. The van der Waals surface area contributed by atoms with Gasteiger partial charge in [-0.1, -0.05) is 48.5 Å². The third-order valence-electron chi connectivity index (χ3n) is 7.35. The molecule has 1 aliphatic heterocycles. The fourth-order valence-electron chi connectivity index (χ4n) is 5.54. The maximum absolute atomic E-state index is 13.3. The van der Waals surface area contributed by atoms with Gasteiger partial charge < -0.3 is 20.1 Å². The molecule has 3 aliphatic rings. The minimum absolute atomic E-state index is 0.0466. The fraction of sp³-hybridized carbons (Fsp3) is 0.423. The van der Waals surface area contributed by atoms with E-state index in [1.54, 1.807) is 4.90 Å². The van der Waals surface area contributed by atoms with Crippen LogP contribution in [0.2, 0.25) is 0 Å². The smallest absolute Gasteiger partial charge is 0.408 e. The summed E-state index contributed by atoms with van der Waals surface area (Å²) in [5.41, 5.74) is 3.60. The summed E-state index contributed by atoms with van der Waals surface area (Å²) in [5, 5.41) is 12.0. The summed E-state index contributed by atoms with van der Waals surface area (Å²) in [5.74, 6) is -1.13. The number of fused-ring (bicyclic) bond motifs is 3. The molecule has 0 aromatic heterocycles. The van der Waals surface area contributed by atoms with E-state index >= 15 is 0 Å². The molecule has 7 nitrogen and oxygen atoms in total. The van der Waals surface area contributed by atoms with Crippen LogP contribution in [0.15, 0.2) is 48.5 Å². The summed E-state index contributed by atoms with van der Waals surface area (Å²) in [6, 6.07) is 16.0. The quantitative estimate of drug-likeness (QED) is 0.699. The van der Waals surface area contributed by atoms with Gasteiger partial charge in [-0.15, -0.1) is 0 Å². The van der Waals surface area contributed by atoms with Crippen LogP contribution in [0.25, 0.3) is 11.1 Å². The van der Waals surface area contributed by atoms with Crippen LogP contribution in [0.1, 0.15) is 55.6 Å². The highest BCUT2D eigenvalue weighted by Gasteiger charge is 2.50. The average molecular weight is 449 g/mol. The van der Waals surface area contributed by atoms with Crippen molar-refractivity contribution in [2.75, 3.05) is 13.2 Å². The molecule has 0 bridgehead atoms. The molecular formula is C26H28N2O5. The molecule has 2 fully saturated rings. The van der Waals surface area contributed by atoms with Crippen molar-refractivity contribution < 1.29 is 24.2 Å². The first kappa shape index (κ1) is 21.5. The number of ether oxygens (including phenoxy) is 1. The molecule has 0 unspecified atom stereocenters. The van der Waals surface area contributed by atoms with Crippen LogP contribution < -0.4 is 5.32 Å². The molecular weight excluding hydrogens is 420 g/mol. The van der Waals surface area contributed by atoms with Crippen LogP contribution in [0, 0.1) is 0 Å². The van der Waals surface area contributed by atoms with Gasteiger partial charge in [-0.2, -0.15) is 0 Å². The SMILES string of the molecule is O=C(O)C[C@@H]1CCCN1C(=O)C1(NC(=O)OCC2c3ccccc3-c3ccccc32)CCC1. The van der Waals surface area contributed by atoms with E-state index in [0.29, 0.717) is 25.8 Å². The Hall–Kier alpha value is -3.35. The number of carboxylic acids is 1. The van der Waals surface area contributed by atoms with Crippen LogP contribution in [0.5, 0.6) is 0 Å². The zero-order chi connectivity index (χ0) is 23.0. The summed E-state index contributed by atoms with van der Waals surface area (Å²) in [7, 11) is 0. The topological polar surface area (TPSA) is 95.9 Å². The molecule has 1 heterocycles. The number of hydrogen-bond donors (Lipinski definition) is 2. The first-order chi connectivity index (χ1) is 16.0. The largest absolute Gasteiger partial charge is 0.481 e. The minimum atomic E-state index is -0.982. The predicted molar refractivity (Wildman–Crippen MR) is 122 cm³/mol. The molecule has 0 radical (unpaired) electrons. The van der Waals surface area contributed by atoms with Crippen LogP contribution in [-0.4, -0.2) is 52.7 Å². The molecule has 33 heavy (non-hydrogen) atoms. The Morgan fingerprint density at radius 2 is 1.64 bits per heavy atom. The second-order valence-electron chi connectivity index (χ2n) is 9.28. The van der Waals surface area contributed by atoms with Crippen molar-refractivity contribution in [1.82, 2.24) is 10.2 Å². The van der Waals surface area contributed by atoms with Gasteiger partial charge in [0.25, 0.3) is 0 Å². The number of hydrogen-bond acceptors (Lipinski definition) is 4. The van der Waals surface area contributed by atoms with Gasteiger partial charge in [0.1, 0.15) is 12.1 Å². The lowest BCUT2D eigenvalue weighted by molar-refractivity contribution is -0.145.